The molecule has 1 aromatic carbocycles. The summed E-state index contributed by atoms with van der Waals surface area (Å²) in [6, 6.07) is 6.05. The minimum absolute atomic E-state index is 0.217. The van der Waals surface area contributed by atoms with Gasteiger partial charge in [0.1, 0.15) is 0 Å². The Morgan fingerprint density at radius 1 is 1.33 bits per heavy atom. The lowest BCUT2D eigenvalue weighted by molar-refractivity contribution is 0.219. The summed E-state index contributed by atoms with van der Waals surface area (Å²) in [6.45, 7) is 5.80. The van der Waals surface area contributed by atoms with Crippen LogP contribution in [0.1, 0.15) is 25.8 Å². The Labute approximate surface area is 118 Å². The Hall–Kier alpha value is -0.770. The van der Waals surface area contributed by atoms with E-state index in [4.69, 9.17) is 34.3 Å². The van der Waals surface area contributed by atoms with Crippen LogP contribution in [0.15, 0.2) is 18.2 Å². The largest absolute Gasteiger partial charge is 0.388 e. The summed E-state index contributed by atoms with van der Waals surface area (Å²) in [5.74, 6) is 0.217. The molecule has 3 nitrogen and oxygen atoms in total. The van der Waals surface area contributed by atoms with Crippen molar-refractivity contribution in [3.63, 3.8) is 0 Å². The van der Waals surface area contributed by atoms with Crippen molar-refractivity contribution in [2.24, 2.45) is 5.73 Å². The van der Waals surface area contributed by atoms with E-state index in [1.165, 1.54) is 0 Å². The van der Waals surface area contributed by atoms with Crippen LogP contribution in [0.25, 0.3) is 0 Å². The predicted octanol–water partition coefficient (Wildman–Crippen LogP) is 3.53. The first-order valence-corrected chi connectivity index (χ1v) is 6.66. The maximum Gasteiger partial charge on any atom is 0.0918 e. The van der Waals surface area contributed by atoms with E-state index in [2.05, 4.69) is 18.7 Å². The second-order valence-corrected chi connectivity index (χ2v) is 5.40. The van der Waals surface area contributed by atoms with Gasteiger partial charge >= 0.3 is 0 Å². The van der Waals surface area contributed by atoms with Crippen molar-refractivity contribution in [1.82, 2.24) is 4.90 Å². The van der Waals surface area contributed by atoms with Crippen LogP contribution in [0, 0.1) is 5.41 Å². The third-order valence-corrected chi connectivity index (χ3v) is 3.51. The van der Waals surface area contributed by atoms with Crippen molar-refractivity contribution < 1.29 is 0 Å². The highest BCUT2D eigenvalue weighted by Crippen LogP contribution is 2.23. The summed E-state index contributed by atoms with van der Waals surface area (Å²) >= 11 is 11.9. The van der Waals surface area contributed by atoms with Gasteiger partial charge in [0.15, 0.2) is 0 Å². The van der Waals surface area contributed by atoms with Gasteiger partial charge in [-0.05, 0) is 31.5 Å². The maximum absolute atomic E-state index is 7.28. The fourth-order valence-electron chi connectivity index (χ4n) is 1.66. The van der Waals surface area contributed by atoms with Gasteiger partial charge in [0.2, 0.25) is 0 Å². The van der Waals surface area contributed by atoms with E-state index in [9.17, 15) is 0 Å². The van der Waals surface area contributed by atoms with Gasteiger partial charge < -0.3 is 5.73 Å². The molecular weight excluding hydrogens is 269 g/mol. The summed E-state index contributed by atoms with van der Waals surface area (Å²) in [4.78, 5) is 2.25. The van der Waals surface area contributed by atoms with Crippen LogP contribution in [0.3, 0.4) is 0 Å². The highest BCUT2D eigenvalue weighted by molar-refractivity contribution is 6.42. The predicted molar refractivity (Wildman–Crippen MR) is 78.5 cm³/mol. The van der Waals surface area contributed by atoms with Crippen molar-refractivity contribution in [2.75, 3.05) is 6.54 Å². The Morgan fingerprint density at radius 3 is 2.50 bits per heavy atom. The SMILES string of the molecule is CC(C)N(CCC(=N)N)Cc1ccc(Cl)c(Cl)c1. The van der Waals surface area contributed by atoms with Gasteiger partial charge in [-0.3, -0.25) is 10.3 Å². The molecule has 0 heterocycles. The van der Waals surface area contributed by atoms with Crippen molar-refractivity contribution in [3.8, 4) is 0 Å². The van der Waals surface area contributed by atoms with E-state index < -0.39 is 0 Å². The summed E-state index contributed by atoms with van der Waals surface area (Å²) < 4.78 is 0. The fraction of sp³-hybridized carbons (Fsp3) is 0.462. The molecular formula is C13H19Cl2N3. The van der Waals surface area contributed by atoms with Crippen molar-refractivity contribution in [2.45, 2.75) is 32.9 Å². The molecule has 100 valence electrons. The van der Waals surface area contributed by atoms with Crippen LogP contribution in [0.4, 0.5) is 0 Å². The van der Waals surface area contributed by atoms with E-state index in [-0.39, 0.29) is 5.84 Å². The monoisotopic (exact) mass is 287 g/mol. The first-order valence-electron chi connectivity index (χ1n) is 5.91. The van der Waals surface area contributed by atoms with E-state index in [0.29, 0.717) is 22.5 Å². The molecule has 0 saturated heterocycles. The van der Waals surface area contributed by atoms with Crippen LogP contribution < -0.4 is 5.73 Å². The van der Waals surface area contributed by atoms with Gasteiger partial charge in [-0.25, -0.2) is 0 Å². The average Bonchev–Trinajstić information content (AvgIpc) is 2.28. The molecule has 1 aromatic rings. The molecule has 0 aliphatic rings. The topological polar surface area (TPSA) is 53.1 Å². The zero-order chi connectivity index (χ0) is 13.7. The van der Waals surface area contributed by atoms with Gasteiger partial charge in [0, 0.05) is 25.6 Å². The van der Waals surface area contributed by atoms with E-state index >= 15 is 0 Å². The number of nitrogens with two attached hydrogens (primary N) is 1. The second kappa shape index (κ2) is 6.98. The smallest absolute Gasteiger partial charge is 0.0918 e. The van der Waals surface area contributed by atoms with Crippen molar-refractivity contribution in [3.05, 3.63) is 33.8 Å². The number of hydrogen-bond acceptors (Lipinski definition) is 2. The first kappa shape index (κ1) is 15.3. The Kier molecular flexibility index (Phi) is 5.93. The molecule has 0 unspecified atom stereocenters. The van der Waals surface area contributed by atoms with Crippen molar-refractivity contribution in [1.29, 1.82) is 5.41 Å². The number of nitrogens with one attached hydrogen (secondary N) is 1. The molecule has 0 radical (unpaired) electrons. The first-order chi connectivity index (χ1) is 8.40. The standard InChI is InChI=1S/C13H19Cl2N3/c1-9(2)18(6-5-13(16)17)8-10-3-4-11(14)12(15)7-10/h3-4,7,9H,5-6,8H2,1-2H3,(H3,16,17). The lowest BCUT2D eigenvalue weighted by Gasteiger charge is -2.26. The van der Waals surface area contributed by atoms with Gasteiger partial charge in [0.25, 0.3) is 0 Å². The fourth-order valence-corrected chi connectivity index (χ4v) is 1.98. The number of hydrogen-bond donors (Lipinski definition) is 2. The molecule has 18 heavy (non-hydrogen) atoms. The average molecular weight is 288 g/mol. The molecule has 0 bridgehead atoms. The molecule has 0 spiro atoms. The quantitative estimate of drug-likeness (QED) is 0.621. The number of benzene rings is 1. The third kappa shape index (κ3) is 4.84. The molecule has 0 aliphatic carbocycles. The number of rotatable bonds is 6. The maximum atomic E-state index is 7.28. The summed E-state index contributed by atoms with van der Waals surface area (Å²) in [5, 5.41) is 8.43. The third-order valence-electron chi connectivity index (χ3n) is 2.77. The number of amidine groups is 1. The van der Waals surface area contributed by atoms with E-state index in [1.54, 1.807) is 0 Å². The molecule has 5 heteroatoms. The minimum Gasteiger partial charge on any atom is -0.388 e. The lowest BCUT2D eigenvalue weighted by Crippen LogP contribution is -2.33. The summed E-state index contributed by atoms with van der Waals surface area (Å²) in [6.07, 6.45) is 0.583. The van der Waals surface area contributed by atoms with Crippen molar-refractivity contribution >= 4 is 29.0 Å². The number of halogens is 2. The summed E-state index contributed by atoms with van der Waals surface area (Å²) in [5.41, 5.74) is 6.51. The Morgan fingerprint density at radius 2 is 2.00 bits per heavy atom. The normalized spacial score (nSPS) is 11.2. The van der Waals surface area contributed by atoms with Crippen LogP contribution in [0.5, 0.6) is 0 Å². The summed E-state index contributed by atoms with van der Waals surface area (Å²) in [7, 11) is 0. The zero-order valence-corrected chi connectivity index (χ0v) is 12.2. The highest BCUT2D eigenvalue weighted by atomic mass is 35.5. The highest BCUT2D eigenvalue weighted by Gasteiger charge is 2.11. The van der Waals surface area contributed by atoms with Crippen LogP contribution in [-0.4, -0.2) is 23.3 Å². The van der Waals surface area contributed by atoms with Gasteiger partial charge in [0.05, 0.1) is 15.9 Å². The zero-order valence-electron chi connectivity index (χ0n) is 10.7. The molecule has 0 fully saturated rings. The van der Waals surface area contributed by atoms with Crippen LogP contribution in [-0.2, 0) is 6.54 Å². The van der Waals surface area contributed by atoms with Crippen LogP contribution >= 0.6 is 23.2 Å². The van der Waals surface area contributed by atoms with Gasteiger partial charge in [-0.1, -0.05) is 29.3 Å². The lowest BCUT2D eigenvalue weighted by atomic mass is 10.1. The van der Waals surface area contributed by atoms with E-state index in [1.807, 2.05) is 18.2 Å². The number of nitrogens with zero attached hydrogens (tertiary/aromatic N) is 1. The molecule has 0 amide bonds. The van der Waals surface area contributed by atoms with Crippen LogP contribution in [0.2, 0.25) is 10.0 Å². The van der Waals surface area contributed by atoms with E-state index in [0.717, 1.165) is 18.7 Å². The molecule has 0 aromatic heterocycles. The molecule has 1 rings (SSSR count). The molecule has 0 atom stereocenters. The van der Waals surface area contributed by atoms with Gasteiger partial charge in [-0.2, -0.15) is 0 Å². The minimum atomic E-state index is 0.217. The molecule has 0 aliphatic heterocycles. The Balaban J connectivity index is 2.70. The second-order valence-electron chi connectivity index (χ2n) is 4.59. The van der Waals surface area contributed by atoms with Gasteiger partial charge in [-0.15, -0.1) is 0 Å². The molecule has 3 N–H and O–H groups in total. The Bertz CT molecular complexity index is 419. The molecule has 0 saturated carbocycles.